The van der Waals surface area contributed by atoms with Crippen molar-refractivity contribution >= 4 is 17.8 Å². The maximum atomic E-state index is 12.7. The lowest BCUT2D eigenvalue weighted by Gasteiger charge is -2.23. The van der Waals surface area contributed by atoms with Gasteiger partial charge in [0.2, 0.25) is 11.8 Å². The Balaban J connectivity index is 1.66. The van der Waals surface area contributed by atoms with Crippen molar-refractivity contribution in [3.63, 3.8) is 0 Å². The molecule has 1 heterocycles. The fraction of sp³-hybridized carbons (Fsp3) is 0.318. The van der Waals surface area contributed by atoms with Gasteiger partial charge in [0.15, 0.2) is 0 Å². The van der Waals surface area contributed by atoms with Gasteiger partial charge in [-0.3, -0.25) is 9.59 Å². The van der Waals surface area contributed by atoms with E-state index in [1.165, 1.54) is 6.92 Å². The van der Waals surface area contributed by atoms with Gasteiger partial charge in [0.05, 0.1) is 11.0 Å². The van der Waals surface area contributed by atoms with Gasteiger partial charge in [0.25, 0.3) is 0 Å². The normalized spacial score (nSPS) is 18.7. The first kappa shape index (κ1) is 19.6. The predicted molar refractivity (Wildman–Crippen MR) is 106 cm³/mol. The number of carboxylic acid groups (broad SMARTS) is 1. The van der Waals surface area contributed by atoms with Crippen LogP contribution in [0, 0.1) is 5.41 Å². The molecule has 1 saturated heterocycles. The number of hydrogen-bond acceptors (Lipinski definition) is 3. The molecule has 6 nitrogen and oxygen atoms in total. The molecule has 2 aromatic carbocycles. The van der Waals surface area contributed by atoms with Crippen LogP contribution in [0.1, 0.15) is 36.2 Å². The molecule has 28 heavy (non-hydrogen) atoms. The molecule has 0 saturated carbocycles. The van der Waals surface area contributed by atoms with Gasteiger partial charge in [0, 0.05) is 26.6 Å². The highest BCUT2D eigenvalue weighted by atomic mass is 16.4. The van der Waals surface area contributed by atoms with Crippen molar-refractivity contribution in [2.75, 3.05) is 13.1 Å². The van der Waals surface area contributed by atoms with E-state index in [2.05, 4.69) is 5.32 Å². The van der Waals surface area contributed by atoms with Gasteiger partial charge < -0.3 is 15.3 Å². The molecule has 1 aliphatic heterocycles. The van der Waals surface area contributed by atoms with Gasteiger partial charge in [-0.25, -0.2) is 4.79 Å². The summed E-state index contributed by atoms with van der Waals surface area (Å²) in [5.41, 5.74) is 2.52. The Bertz CT molecular complexity index is 907. The van der Waals surface area contributed by atoms with Crippen LogP contribution in [0.4, 0.5) is 0 Å². The lowest BCUT2D eigenvalue weighted by atomic mass is 9.88. The molecule has 0 radical (unpaired) electrons. The Morgan fingerprint density at radius 3 is 2.43 bits per heavy atom. The standard InChI is InChI=1S/C22H24N2O4/c1-15(25)24-11-10-22(2,14-24)21(28)23-13-16-4-3-5-19(12-16)17-6-8-18(9-7-17)20(26)27/h3-9,12H,10-11,13-14H2,1-2H3,(H,23,28)(H,26,27). The highest BCUT2D eigenvalue weighted by Gasteiger charge is 2.40. The molecular formula is C22H24N2O4. The number of nitrogens with one attached hydrogen (secondary N) is 1. The van der Waals surface area contributed by atoms with Gasteiger partial charge in [-0.05, 0) is 48.2 Å². The monoisotopic (exact) mass is 380 g/mol. The van der Waals surface area contributed by atoms with Gasteiger partial charge in [-0.2, -0.15) is 0 Å². The molecule has 1 aliphatic rings. The number of likely N-dealkylation sites (tertiary alicyclic amines) is 1. The van der Waals surface area contributed by atoms with Crippen LogP contribution in [0.25, 0.3) is 11.1 Å². The maximum absolute atomic E-state index is 12.7. The molecule has 6 heteroatoms. The maximum Gasteiger partial charge on any atom is 0.335 e. The van der Waals surface area contributed by atoms with Crippen LogP contribution in [-0.4, -0.2) is 40.9 Å². The molecule has 0 bridgehead atoms. The van der Waals surface area contributed by atoms with Crippen LogP contribution in [0.15, 0.2) is 48.5 Å². The largest absolute Gasteiger partial charge is 0.478 e. The number of amides is 2. The SMILES string of the molecule is CC(=O)N1CCC(C)(C(=O)NCc2cccc(-c3ccc(C(=O)O)cc3)c2)C1. The smallest absolute Gasteiger partial charge is 0.335 e. The first-order chi connectivity index (χ1) is 13.3. The molecular weight excluding hydrogens is 356 g/mol. The second kappa shape index (κ2) is 7.84. The molecule has 0 aromatic heterocycles. The summed E-state index contributed by atoms with van der Waals surface area (Å²) in [6.45, 7) is 4.88. The molecule has 0 aliphatic carbocycles. The number of nitrogens with zero attached hydrogens (tertiary/aromatic N) is 1. The Labute approximate surface area is 164 Å². The summed E-state index contributed by atoms with van der Waals surface area (Å²) in [4.78, 5) is 36.9. The first-order valence-electron chi connectivity index (χ1n) is 9.25. The lowest BCUT2D eigenvalue weighted by Crippen LogP contribution is -2.41. The van der Waals surface area contributed by atoms with Crippen LogP contribution in [0.2, 0.25) is 0 Å². The number of rotatable bonds is 5. The highest BCUT2D eigenvalue weighted by Crippen LogP contribution is 2.30. The van der Waals surface area contributed by atoms with Crippen molar-refractivity contribution in [3.8, 4) is 11.1 Å². The molecule has 1 atom stereocenters. The van der Waals surface area contributed by atoms with E-state index in [4.69, 9.17) is 5.11 Å². The van der Waals surface area contributed by atoms with E-state index in [9.17, 15) is 14.4 Å². The van der Waals surface area contributed by atoms with E-state index in [-0.39, 0.29) is 17.4 Å². The Morgan fingerprint density at radius 1 is 1.11 bits per heavy atom. The van der Waals surface area contributed by atoms with Crippen LogP contribution >= 0.6 is 0 Å². The van der Waals surface area contributed by atoms with Crippen LogP contribution in [0.5, 0.6) is 0 Å². The third-order valence-electron chi connectivity index (χ3n) is 5.31. The third-order valence-corrected chi connectivity index (χ3v) is 5.31. The number of aromatic carboxylic acids is 1. The van der Waals surface area contributed by atoms with Gasteiger partial charge in [-0.1, -0.05) is 30.3 Å². The van der Waals surface area contributed by atoms with E-state index in [1.807, 2.05) is 31.2 Å². The average Bonchev–Trinajstić information content (AvgIpc) is 3.10. The van der Waals surface area contributed by atoms with Gasteiger partial charge in [-0.15, -0.1) is 0 Å². The van der Waals surface area contributed by atoms with Gasteiger partial charge in [0.1, 0.15) is 0 Å². The molecule has 3 rings (SSSR count). The Kier molecular flexibility index (Phi) is 5.49. The van der Waals surface area contributed by atoms with Crippen molar-refractivity contribution in [2.24, 2.45) is 5.41 Å². The van der Waals surface area contributed by atoms with E-state index < -0.39 is 11.4 Å². The summed E-state index contributed by atoms with van der Waals surface area (Å²) in [6.07, 6.45) is 0.661. The summed E-state index contributed by atoms with van der Waals surface area (Å²) in [5, 5.41) is 12.0. The number of hydrogen-bond donors (Lipinski definition) is 2. The molecule has 0 spiro atoms. The summed E-state index contributed by atoms with van der Waals surface area (Å²) in [5.74, 6) is -1.00. The van der Waals surface area contributed by atoms with Crippen molar-refractivity contribution in [3.05, 3.63) is 59.7 Å². The summed E-state index contributed by atoms with van der Waals surface area (Å²) in [7, 11) is 0. The van der Waals surface area contributed by atoms with Crippen molar-refractivity contribution in [2.45, 2.75) is 26.8 Å². The average molecular weight is 380 g/mol. The first-order valence-corrected chi connectivity index (χ1v) is 9.25. The van der Waals surface area contributed by atoms with Crippen LogP contribution < -0.4 is 5.32 Å². The third kappa shape index (κ3) is 4.22. The van der Waals surface area contributed by atoms with Crippen molar-refractivity contribution < 1.29 is 19.5 Å². The van der Waals surface area contributed by atoms with Crippen LogP contribution in [-0.2, 0) is 16.1 Å². The predicted octanol–water partition coefficient (Wildman–Crippen LogP) is 2.93. The molecule has 2 amide bonds. The topological polar surface area (TPSA) is 86.7 Å². The number of carboxylic acids is 1. The molecule has 1 fully saturated rings. The summed E-state index contributed by atoms with van der Waals surface area (Å²) < 4.78 is 0. The fourth-order valence-electron chi connectivity index (χ4n) is 3.48. The zero-order valence-electron chi connectivity index (χ0n) is 16.1. The van der Waals surface area contributed by atoms with E-state index in [0.29, 0.717) is 26.1 Å². The molecule has 146 valence electrons. The van der Waals surface area contributed by atoms with E-state index >= 15 is 0 Å². The van der Waals surface area contributed by atoms with E-state index in [0.717, 1.165) is 16.7 Å². The summed E-state index contributed by atoms with van der Waals surface area (Å²) >= 11 is 0. The van der Waals surface area contributed by atoms with Crippen LogP contribution in [0.3, 0.4) is 0 Å². The fourth-order valence-corrected chi connectivity index (χ4v) is 3.48. The molecule has 2 aromatic rings. The van der Waals surface area contributed by atoms with E-state index in [1.54, 1.807) is 29.2 Å². The zero-order valence-corrected chi connectivity index (χ0v) is 16.1. The summed E-state index contributed by atoms with van der Waals surface area (Å²) in [6, 6.07) is 14.5. The zero-order chi connectivity index (χ0) is 20.3. The lowest BCUT2D eigenvalue weighted by molar-refractivity contribution is -0.131. The number of carbonyl (C=O) groups excluding carboxylic acids is 2. The van der Waals surface area contributed by atoms with Crippen molar-refractivity contribution in [1.82, 2.24) is 10.2 Å². The minimum atomic E-state index is -0.952. The minimum Gasteiger partial charge on any atom is -0.478 e. The van der Waals surface area contributed by atoms with Gasteiger partial charge >= 0.3 is 5.97 Å². The molecule has 2 N–H and O–H groups in total. The quantitative estimate of drug-likeness (QED) is 0.835. The highest BCUT2D eigenvalue weighted by molar-refractivity contribution is 5.88. The minimum absolute atomic E-state index is 0.00172. The second-order valence-electron chi connectivity index (χ2n) is 7.52. The molecule has 1 unspecified atom stereocenters. The second-order valence-corrected chi connectivity index (χ2v) is 7.52. The number of benzene rings is 2. The number of carbonyl (C=O) groups is 3. The Morgan fingerprint density at radius 2 is 1.82 bits per heavy atom. The van der Waals surface area contributed by atoms with Crippen molar-refractivity contribution in [1.29, 1.82) is 0 Å². The Hall–Kier alpha value is -3.15.